The molecule has 6 rings (SSSR count). The van der Waals surface area contributed by atoms with Crippen LogP contribution < -0.4 is 15.7 Å². The minimum Gasteiger partial charge on any atom is -0.455 e. The highest BCUT2D eigenvalue weighted by atomic mass is 32.2. The molecule has 0 fully saturated rings. The maximum atomic E-state index is 12.7. The van der Waals surface area contributed by atoms with Crippen molar-refractivity contribution in [1.29, 1.82) is 0 Å². The molecule has 2 aliphatic rings. The Labute approximate surface area is 326 Å². The SMILES string of the molecule is Cc1c2oc3c(C)c(NC(C)(C)Cc4ccc(S(=O)(=O)O)cc4)ccc3c(-c3ccccc3S(=O)(=O)O)c-2ccc1=[NH+]C(C)(C)Cc1ccc(S(=O)(=O)O)cc1. The molecule has 4 aromatic carbocycles. The largest absolute Gasteiger partial charge is 0.455 e. The average Bonchev–Trinajstić information content (AvgIpc) is 3.09. The number of aryl methyl sites for hydroxylation is 1. The zero-order valence-electron chi connectivity index (χ0n) is 31.6. The van der Waals surface area contributed by atoms with E-state index in [1.165, 1.54) is 30.3 Å². The summed E-state index contributed by atoms with van der Waals surface area (Å²) in [4.78, 5) is 2.95. The summed E-state index contributed by atoms with van der Waals surface area (Å²) in [5.41, 5.74) is 4.71. The molecule has 1 aliphatic heterocycles. The molecule has 0 saturated carbocycles. The predicted octanol–water partition coefficient (Wildman–Crippen LogP) is 6.00. The van der Waals surface area contributed by atoms with Crippen molar-refractivity contribution in [2.45, 2.75) is 80.1 Å². The molecule has 0 saturated heterocycles. The van der Waals surface area contributed by atoms with Gasteiger partial charge in [0.1, 0.15) is 16.2 Å². The van der Waals surface area contributed by atoms with Gasteiger partial charge < -0.3 is 9.73 Å². The number of benzene rings is 5. The Balaban J connectivity index is 1.50. The maximum Gasteiger partial charge on any atom is 0.295 e. The van der Waals surface area contributed by atoms with Crippen molar-refractivity contribution in [3.8, 4) is 22.5 Å². The first-order chi connectivity index (χ1) is 25.9. The number of anilines is 1. The van der Waals surface area contributed by atoms with Crippen LogP contribution in [0.4, 0.5) is 5.69 Å². The molecule has 5 N–H and O–H groups in total. The van der Waals surface area contributed by atoms with Gasteiger partial charge in [0, 0.05) is 65.2 Å². The van der Waals surface area contributed by atoms with E-state index in [0.29, 0.717) is 46.3 Å². The molecule has 0 radical (unpaired) electrons. The Morgan fingerprint density at radius 1 is 0.625 bits per heavy atom. The summed E-state index contributed by atoms with van der Waals surface area (Å²) in [5.74, 6) is 0.481. The summed E-state index contributed by atoms with van der Waals surface area (Å²) in [6, 6.07) is 25.7. The molecule has 0 atom stereocenters. The second-order valence-corrected chi connectivity index (χ2v) is 19.5. The molecule has 0 unspecified atom stereocenters. The van der Waals surface area contributed by atoms with Gasteiger partial charge in [-0.1, -0.05) is 42.5 Å². The molecule has 4 aromatic rings. The number of fused-ring (bicyclic) bond motifs is 2. The fourth-order valence-corrected chi connectivity index (χ4v) is 8.80. The van der Waals surface area contributed by atoms with Crippen molar-refractivity contribution in [1.82, 2.24) is 0 Å². The van der Waals surface area contributed by atoms with Crippen molar-refractivity contribution in [3.05, 3.63) is 125 Å². The summed E-state index contributed by atoms with van der Waals surface area (Å²) in [6.07, 6.45) is 0.985. The van der Waals surface area contributed by atoms with E-state index in [2.05, 4.69) is 10.3 Å². The van der Waals surface area contributed by atoms with Gasteiger partial charge in [-0.25, -0.2) is 4.99 Å². The molecular formula is C41H43N2O10S3+. The third kappa shape index (κ3) is 8.73. The van der Waals surface area contributed by atoms with Gasteiger partial charge in [0.05, 0.1) is 15.4 Å². The fourth-order valence-electron chi connectivity index (χ4n) is 7.14. The molecule has 0 aromatic heterocycles. The normalized spacial score (nSPS) is 13.4. The predicted molar refractivity (Wildman–Crippen MR) is 213 cm³/mol. The molecule has 294 valence electrons. The van der Waals surface area contributed by atoms with Gasteiger partial charge in [0.25, 0.3) is 30.4 Å². The zero-order chi connectivity index (χ0) is 41.0. The van der Waals surface area contributed by atoms with Crippen LogP contribution in [0.2, 0.25) is 0 Å². The van der Waals surface area contributed by atoms with Gasteiger partial charge in [-0.05, 0) is 93.8 Å². The van der Waals surface area contributed by atoms with Crippen molar-refractivity contribution in [2.24, 2.45) is 0 Å². The Morgan fingerprint density at radius 2 is 1.18 bits per heavy atom. The molecule has 0 amide bonds. The monoisotopic (exact) mass is 819 g/mol. The molecule has 0 spiro atoms. The van der Waals surface area contributed by atoms with E-state index in [0.717, 1.165) is 33.3 Å². The lowest BCUT2D eigenvalue weighted by Crippen LogP contribution is -2.89. The van der Waals surface area contributed by atoms with E-state index in [9.17, 15) is 38.9 Å². The van der Waals surface area contributed by atoms with Gasteiger partial charge in [0.15, 0.2) is 5.54 Å². The molecule has 12 nitrogen and oxygen atoms in total. The zero-order valence-corrected chi connectivity index (χ0v) is 34.0. The van der Waals surface area contributed by atoms with E-state index in [-0.39, 0.29) is 14.7 Å². The summed E-state index contributed by atoms with van der Waals surface area (Å²) < 4.78 is 108. The molecule has 56 heavy (non-hydrogen) atoms. The molecule has 15 heteroatoms. The first-order valence-corrected chi connectivity index (χ1v) is 21.8. The van der Waals surface area contributed by atoms with E-state index < -0.39 is 41.4 Å². The quantitative estimate of drug-likeness (QED) is 0.0759. The second-order valence-electron chi connectivity index (χ2n) is 15.3. The molecule has 1 aliphatic carbocycles. The van der Waals surface area contributed by atoms with Gasteiger partial charge in [-0.15, -0.1) is 0 Å². The van der Waals surface area contributed by atoms with Crippen LogP contribution in [0.1, 0.15) is 49.9 Å². The fraction of sp³-hybridized carbons (Fsp3) is 0.244. The standard InChI is InChI=1S/C41H42N2O10S3/c1-25-34(42-40(3,4)23-27-11-15-29(16-12-27)54(44,45)46)21-19-32-37(31-9-7-8-10-36(31)56(50,51)52)33-20-22-35(26(2)39(33)53-38(25)32)43-41(5,6)24-28-13-17-30(18-14-28)55(47,48)49/h7-22,42H,23-24H2,1-6H3,(H,44,45,46)(H,47,48,49)(H,50,51,52)/p+1. The Kier molecular flexibility index (Phi) is 10.6. The lowest BCUT2D eigenvalue weighted by atomic mass is 9.90. The van der Waals surface area contributed by atoms with Crippen LogP contribution in [0.25, 0.3) is 33.4 Å². The summed E-state index contributed by atoms with van der Waals surface area (Å²) >= 11 is 0. The Bertz CT molecular complexity index is 2860. The maximum absolute atomic E-state index is 12.7. The average molecular weight is 820 g/mol. The van der Waals surface area contributed by atoms with Crippen LogP contribution in [0.3, 0.4) is 0 Å². The summed E-state index contributed by atoms with van der Waals surface area (Å²) in [6.45, 7) is 11.8. The third-order valence-electron chi connectivity index (χ3n) is 9.67. The topological polar surface area (TPSA) is 202 Å². The molecule has 0 bridgehead atoms. The molecule has 1 heterocycles. The first-order valence-electron chi connectivity index (χ1n) is 17.5. The van der Waals surface area contributed by atoms with Crippen LogP contribution in [-0.2, 0) is 43.2 Å². The third-order valence-corrected chi connectivity index (χ3v) is 12.3. The van der Waals surface area contributed by atoms with Crippen LogP contribution in [-0.4, -0.2) is 50.0 Å². The molecular weight excluding hydrogens is 777 g/mol. The number of rotatable bonds is 11. The summed E-state index contributed by atoms with van der Waals surface area (Å²) in [7, 11) is -13.3. The van der Waals surface area contributed by atoms with Gasteiger partial charge in [-0.2, -0.15) is 25.3 Å². The van der Waals surface area contributed by atoms with Gasteiger partial charge in [0.2, 0.25) is 5.36 Å². The van der Waals surface area contributed by atoms with E-state index >= 15 is 0 Å². The smallest absolute Gasteiger partial charge is 0.295 e. The van der Waals surface area contributed by atoms with Crippen molar-refractivity contribution >= 4 is 47.0 Å². The number of hydrogen-bond acceptors (Lipinski definition) is 8. The van der Waals surface area contributed by atoms with Crippen molar-refractivity contribution < 1.29 is 48.3 Å². The van der Waals surface area contributed by atoms with Crippen molar-refractivity contribution in [3.63, 3.8) is 0 Å². The van der Waals surface area contributed by atoms with Crippen LogP contribution >= 0.6 is 0 Å². The van der Waals surface area contributed by atoms with Crippen LogP contribution in [0.5, 0.6) is 0 Å². The Hall–Kier alpha value is -4.90. The van der Waals surface area contributed by atoms with E-state index in [1.807, 2.05) is 65.8 Å². The second kappa shape index (κ2) is 14.6. The highest BCUT2D eigenvalue weighted by molar-refractivity contribution is 7.86. The number of hydrogen-bond donors (Lipinski definition) is 5. The summed E-state index contributed by atoms with van der Waals surface area (Å²) in [5, 5.41) is 4.94. The highest BCUT2D eigenvalue weighted by Gasteiger charge is 2.29. The van der Waals surface area contributed by atoms with Crippen LogP contribution in [0.15, 0.2) is 116 Å². The minimum atomic E-state index is -4.63. The van der Waals surface area contributed by atoms with Crippen LogP contribution in [0, 0.1) is 13.8 Å². The van der Waals surface area contributed by atoms with E-state index in [1.54, 1.807) is 42.5 Å². The Morgan fingerprint density at radius 3 is 1.73 bits per heavy atom. The van der Waals surface area contributed by atoms with Crippen molar-refractivity contribution in [2.75, 3.05) is 5.32 Å². The lowest BCUT2D eigenvalue weighted by Gasteiger charge is -2.29. The lowest BCUT2D eigenvalue weighted by molar-refractivity contribution is -0.581. The first kappa shape index (κ1) is 40.8. The van der Waals surface area contributed by atoms with Gasteiger partial charge in [-0.3, -0.25) is 13.7 Å². The highest BCUT2D eigenvalue weighted by Crippen LogP contribution is 2.45. The number of nitrogens with one attached hydrogen (secondary N) is 2. The van der Waals surface area contributed by atoms with E-state index in [4.69, 9.17) is 4.42 Å². The minimum absolute atomic E-state index is 0.192. The van der Waals surface area contributed by atoms with Gasteiger partial charge >= 0.3 is 0 Å².